The molecule has 0 bridgehead atoms. The van der Waals surface area contributed by atoms with Gasteiger partial charge in [-0.3, -0.25) is 0 Å². The summed E-state index contributed by atoms with van der Waals surface area (Å²) in [7, 11) is -3.43. The number of rotatable bonds is 5. The van der Waals surface area contributed by atoms with E-state index in [1.165, 1.54) is 5.56 Å². The third kappa shape index (κ3) is 4.28. The monoisotopic (exact) mass is 409 g/mol. The SMILES string of the molecule is CC(C)c1ccc(Nc2ccc3cc(S(=O)(=O)N4CCCCC4)ccc3n2)cc1. The Balaban J connectivity index is 1.57. The van der Waals surface area contributed by atoms with Crippen LogP contribution in [0.5, 0.6) is 0 Å². The van der Waals surface area contributed by atoms with Crippen molar-refractivity contribution >= 4 is 32.4 Å². The standard InChI is InChI=1S/C23H27N3O2S/c1-17(2)18-6-9-20(10-7-18)24-23-13-8-19-16-21(11-12-22(19)25-23)29(27,28)26-14-4-3-5-15-26/h6-13,16-17H,3-5,14-15H2,1-2H3,(H,24,25). The van der Waals surface area contributed by atoms with Crippen LogP contribution in [0.15, 0.2) is 59.5 Å². The van der Waals surface area contributed by atoms with Crippen LogP contribution < -0.4 is 5.32 Å². The van der Waals surface area contributed by atoms with Crippen molar-refractivity contribution in [2.24, 2.45) is 0 Å². The highest BCUT2D eigenvalue weighted by Gasteiger charge is 2.26. The molecule has 0 spiro atoms. The average molecular weight is 410 g/mol. The van der Waals surface area contributed by atoms with E-state index in [1.54, 1.807) is 22.5 Å². The summed E-state index contributed by atoms with van der Waals surface area (Å²) >= 11 is 0. The molecule has 1 aliphatic rings. The van der Waals surface area contributed by atoms with Crippen molar-refractivity contribution < 1.29 is 8.42 Å². The third-order valence-electron chi connectivity index (χ3n) is 5.46. The number of hydrogen-bond acceptors (Lipinski definition) is 4. The van der Waals surface area contributed by atoms with Crippen LogP contribution in [0.2, 0.25) is 0 Å². The minimum Gasteiger partial charge on any atom is -0.340 e. The van der Waals surface area contributed by atoms with Gasteiger partial charge in [0, 0.05) is 24.2 Å². The lowest BCUT2D eigenvalue weighted by Gasteiger charge is -2.25. The first-order valence-electron chi connectivity index (χ1n) is 10.2. The van der Waals surface area contributed by atoms with E-state index in [1.807, 2.05) is 12.1 Å². The molecule has 0 amide bonds. The molecule has 5 nitrogen and oxygen atoms in total. The quantitative estimate of drug-likeness (QED) is 0.623. The summed E-state index contributed by atoms with van der Waals surface area (Å²) in [4.78, 5) is 4.99. The number of anilines is 2. The Morgan fingerprint density at radius 2 is 1.66 bits per heavy atom. The number of sulfonamides is 1. The predicted octanol–water partition coefficient (Wildman–Crippen LogP) is 5.28. The molecule has 1 aromatic heterocycles. The molecule has 0 saturated carbocycles. The van der Waals surface area contributed by atoms with Gasteiger partial charge < -0.3 is 5.32 Å². The second kappa shape index (κ2) is 8.13. The van der Waals surface area contributed by atoms with Crippen LogP contribution in [0.3, 0.4) is 0 Å². The molecule has 6 heteroatoms. The van der Waals surface area contributed by atoms with E-state index in [-0.39, 0.29) is 0 Å². The van der Waals surface area contributed by atoms with Crippen LogP contribution >= 0.6 is 0 Å². The van der Waals surface area contributed by atoms with Gasteiger partial charge in [0.2, 0.25) is 10.0 Å². The van der Waals surface area contributed by atoms with Crippen LogP contribution in [-0.2, 0) is 10.0 Å². The fourth-order valence-corrected chi connectivity index (χ4v) is 5.24. The third-order valence-corrected chi connectivity index (χ3v) is 7.36. The maximum absolute atomic E-state index is 12.9. The fraction of sp³-hybridized carbons (Fsp3) is 0.348. The molecule has 4 rings (SSSR count). The first-order chi connectivity index (χ1) is 13.9. The number of nitrogens with zero attached hydrogens (tertiary/aromatic N) is 2. The second-order valence-electron chi connectivity index (χ2n) is 7.92. The van der Waals surface area contributed by atoms with Crippen LogP contribution in [0.4, 0.5) is 11.5 Å². The number of hydrogen-bond donors (Lipinski definition) is 1. The molecule has 2 heterocycles. The normalized spacial score (nSPS) is 15.7. The van der Waals surface area contributed by atoms with Crippen molar-refractivity contribution in [1.82, 2.24) is 9.29 Å². The van der Waals surface area contributed by atoms with Crippen LogP contribution in [0.25, 0.3) is 10.9 Å². The molecule has 1 aliphatic heterocycles. The molecule has 1 fully saturated rings. The van der Waals surface area contributed by atoms with Gasteiger partial charge in [0.1, 0.15) is 5.82 Å². The summed E-state index contributed by atoms with van der Waals surface area (Å²) in [6, 6.07) is 17.3. The van der Waals surface area contributed by atoms with Gasteiger partial charge in [-0.2, -0.15) is 4.31 Å². The topological polar surface area (TPSA) is 62.3 Å². The van der Waals surface area contributed by atoms with Gasteiger partial charge in [-0.15, -0.1) is 0 Å². The zero-order valence-corrected chi connectivity index (χ0v) is 17.7. The summed E-state index contributed by atoms with van der Waals surface area (Å²) in [6.07, 6.45) is 2.97. The molecule has 1 saturated heterocycles. The van der Waals surface area contributed by atoms with Gasteiger partial charge in [-0.1, -0.05) is 32.4 Å². The molecular weight excluding hydrogens is 382 g/mol. The Kier molecular flexibility index (Phi) is 5.56. The lowest BCUT2D eigenvalue weighted by Crippen LogP contribution is -2.35. The van der Waals surface area contributed by atoms with Crippen molar-refractivity contribution in [1.29, 1.82) is 0 Å². The smallest absolute Gasteiger partial charge is 0.243 e. The van der Waals surface area contributed by atoms with E-state index in [9.17, 15) is 8.42 Å². The number of benzene rings is 2. The van der Waals surface area contributed by atoms with Crippen molar-refractivity contribution in [2.75, 3.05) is 18.4 Å². The van der Waals surface area contributed by atoms with Crippen LogP contribution in [0, 0.1) is 0 Å². The number of fused-ring (bicyclic) bond motifs is 1. The van der Waals surface area contributed by atoms with E-state index in [0.717, 1.165) is 41.7 Å². The van der Waals surface area contributed by atoms with Crippen molar-refractivity contribution in [3.63, 3.8) is 0 Å². The molecule has 0 radical (unpaired) electrons. The van der Waals surface area contributed by atoms with Crippen molar-refractivity contribution in [3.05, 3.63) is 60.2 Å². The van der Waals surface area contributed by atoms with Crippen LogP contribution in [0.1, 0.15) is 44.6 Å². The Morgan fingerprint density at radius 3 is 2.34 bits per heavy atom. The summed E-state index contributed by atoms with van der Waals surface area (Å²) in [6.45, 7) is 5.56. The van der Waals surface area contributed by atoms with E-state index in [0.29, 0.717) is 23.9 Å². The summed E-state index contributed by atoms with van der Waals surface area (Å²) in [5.74, 6) is 1.24. The number of nitrogens with one attached hydrogen (secondary N) is 1. The Bertz CT molecular complexity index is 1100. The molecule has 29 heavy (non-hydrogen) atoms. The zero-order valence-electron chi connectivity index (χ0n) is 16.9. The summed E-state index contributed by atoms with van der Waals surface area (Å²) in [5, 5.41) is 4.14. The highest BCUT2D eigenvalue weighted by atomic mass is 32.2. The molecule has 2 aromatic carbocycles. The van der Waals surface area contributed by atoms with E-state index >= 15 is 0 Å². The molecule has 0 atom stereocenters. The fourth-order valence-electron chi connectivity index (χ4n) is 3.69. The van der Waals surface area contributed by atoms with Crippen molar-refractivity contribution in [2.45, 2.75) is 43.9 Å². The summed E-state index contributed by atoms with van der Waals surface area (Å²) < 4.78 is 27.4. The zero-order chi connectivity index (χ0) is 20.4. The largest absolute Gasteiger partial charge is 0.340 e. The minimum atomic E-state index is -3.43. The second-order valence-corrected chi connectivity index (χ2v) is 9.86. The molecule has 1 N–H and O–H groups in total. The maximum atomic E-state index is 12.9. The Morgan fingerprint density at radius 1 is 0.931 bits per heavy atom. The number of aromatic nitrogens is 1. The van der Waals surface area contributed by atoms with Crippen molar-refractivity contribution in [3.8, 4) is 0 Å². The lowest BCUT2D eigenvalue weighted by molar-refractivity contribution is 0.346. The molecular formula is C23H27N3O2S. The van der Waals surface area contributed by atoms with Crippen LogP contribution in [-0.4, -0.2) is 30.8 Å². The maximum Gasteiger partial charge on any atom is 0.243 e. The highest BCUT2D eigenvalue weighted by Crippen LogP contribution is 2.26. The van der Waals surface area contributed by atoms with E-state index in [2.05, 4.69) is 48.4 Å². The first kappa shape index (κ1) is 19.9. The molecule has 152 valence electrons. The predicted molar refractivity (Wildman–Crippen MR) is 118 cm³/mol. The van der Waals surface area contributed by atoms with Gasteiger partial charge >= 0.3 is 0 Å². The number of piperidine rings is 1. The molecule has 0 unspecified atom stereocenters. The average Bonchev–Trinajstić information content (AvgIpc) is 2.74. The van der Waals surface area contributed by atoms with Gasteiger partial charge in [-0.25, -0.2) is 13.4 Å². The van der Waals surface area contributed by atoms with Gasteiger partial charge in [0.15, 0.2) is 0 Å². The Hall–Kier alpha value is -2.44. The first-order valence-corrected chi connectivity index (χ1v) is 11.7. The van der Waals surface area contributed by atoms with Gasteiger partial charge in [0.25, 0.3) is 0 Å². The lowest BCUT2D eigenvalue weighted by atomic mass is 10.0. The molecule has 3 aromatic rings. The minimum absolute atomic E-state index is 0.346. The number of pyridine rings is 1. The van der Waals surface area contributed by atoms with E-state index < -0.39 is 10.0 Å². The highest BCUT2D eigenvalue weighted by molar-refractivity contribution is 7.89. The van der Waals surface area contributed by atoms with Gasteiger partial charge in [-0.05, 0) is 66.8 Å². The molecule has 0 aliphatic carbocycles. The Labute approximate surface area is 172 Å². The summed E-state index contributed by atoms with van der Waals surface area (Å²) in [5.41, 5.74) is 3.04. The van der Waals surface area contributed by atoms with Gasteiger partial charge in [0.05, 0.1) is 10.4 Å². The van der Waals surface area contributed by atoms with E-state index in [4.69, 9.17) is 0 Å².